The Morgan fingerprint density at radius 3 is 1.60 bits per heavy atom. The van der Waals surface area contributed by atoms with Gasteiger partial charge in [0.15, 0.2) is 0 Å². The van der Waals surface area contributed by atoms with E-state index < -0.39 is 24.2 Å². The highest BCUT2D eigenvalue weighted by molar-refractivity contribution is 5.80. The fourth-order valence-corrected chi connectivity index (χ4v) is 5.22. The number of hydrogen-bond donors (Lipinski definition) is 4. The SMILES string of the molecule is CCCCCCCCCCCCCC[C@@H](O)C(=O)N[C@@H](CO)[C@H](O)/C=C/CCCCCCCCCCC(C)CC. The Kier molecular flexibility index (Phi) is 28.9. The van der Waals surface area contributed by atoms with Crippen molar-refractivity contribution in [1.82, 2.24) is 5.32 Å². The zero-order valence-electron chi connectivity index (χ0n) is 26.9. The van der Waals surface area contributed by atoms with E-state index in [1.807, 2.05) is 6.08 Å². The number of rotatable bonds is 30. The number of carbonyl (C=O) groups is 1. The molecule has 238 valence electrons. The first-order valence-electron chi connectivity index (χ1n) is 17.4. The van der Waals surface area contributed by atoms with Crippen LogP contribution >= 0.6 is 0 Å². The number of unbranched alkanes of at least 4 members (excludes halogenated alkanes) is 19. The van der Waals surface area contributed by atoms with E-state index in [1.54, 1.807) is 6.08 Å². The average molecular weight is 568 g/mol. The van der Waals surface area contributed by atoms with Crippen LogP contribution < -0.4 is 5.32 Å². The minimum Gasteiger partial charge on any atom is -0.394 e. The van der Waals surface area contributed by atoms with E-state index in [2.05, 4.69) is 26.1 Å². The van der Waals surface area contributed by atoms with Crippen LogP contribution in [0.4, 0.5) is 0 Å². The lowest BCUT2D eigenvalue weighted by Crippen LogP contribution is -2.48. The zero-order chi connectivity index (χ0) is 29.7. The van der Waals surface area contributed by atoms with Gasteiger partial charge in [-0.15, -0.1) is 0 Å². The first kappa shape index (κ1) is 39.1. The van der Waals surface area contributed by atoms with Gasteiger partial charge in [0.2, 0.25) is 5.91 Å². The van der Waals surface area contributed by atoms with Crippen LogP contribution in [0.2, 0.25) is 0 Å². The second kappa shape index (κ2) is 29.6. The summed E-state index contributed by atoms with van der Waals surface area (Å²) in [6.45, 7) is 6.51. The third-order valence-corrected chi connectivity index (χ3v) is 8.42. The van der Waals surface area contributed by atoms with Crippen molar-refractivity contribution >= 4 is 5.91 Å². The van der Waals surface area contributed by atoms with E-state index in [-0.39, 0.29) is 6.61 Å². The molecule has 1 amide bonds. The van der Waals surface area contributed by atoms with Crippen LogP contribution in [0.3, 0.4) is 0 Å². The first-order valence-corrected chi connectivity index (χ1v) is 17.4. The van der Waals surface area contributed by atoms with Crippen LogP contribution in [0.15, 0.2) is 12.2 Å². The Balaban J connectivity index is 3.79. The number of carbonyl (C=O) groups excluding carboxylic acids is 1. The molecule has 0 bridgehead atoms. The van der Waals surface area contributed by atoms with Gasteiger partial charge in [-0.3, -0.25) is 4.79 Å². The van der Waals surface area contributed by atoms with Crippen molar-refractivity contribution in [3.8, 4) is 0 Å². The predicted molar refractivity (Wildman–Crippen MR) is 171 cm³/mol. The first-order chi connectivity index (χ1) is 19.5. The molecule has 0 saturated heterocycles. The van der Waals surface area contributed by atoms with Gasteiger partial charge in [-0.1, -0.05) is 168 Å². The lowest BCUT2D eigenvalue weighted by Gasteiger charge is -2.21. The van der Waals surface area contributed by atoms with Crippen LogP contribution in [0.5, 0.6) is 0 Å². The van der Waals surface area contributed by atoms with Gasteiger partial charge in [-0.2, -0.15) is 0 Å². The maximum absolute atomic E-state index is 12.3. The summed E-state index contributed by atoms with van der Waals surface area (Å²) in [5.74, 6) is 0.366. The second-order valence-electron chi connectivity index (χ2n) is 12.3. The fourth-order valence-electron chi connectivity index (χ4n) is 5.22. The van der Waals surface area contributed by atoms with Gasteiger partial charge in [0.25, 0.3) is 0 Å². The molecule has 0 rings (SSSR count). The van der Waals surface area contributed by atoms with Gasteiger partial charge >= 0.3 is 0 Å². The van der Waals surface area contributed by atoms with Gasteiger partial charge < -0.3 is 20.6 Å². The molecule has 5 nitrogen and oxygen atoms in total. The largest absolute Gasteiger partial charge is 0.394 e. The van der Waals surface area contributed by atoms with Crippen LogP contribution in [0, 0.1) is 5.92 Å². The smallest absolute Gasteiger partial charge is 0.249 e. The lowest BCUT2D eigenvalue weighted by atomic mass is 9.99. The Morgan fingerprint density at radius 1 is 0.675 bits per heavy atom. The number of aliphatic hydroxyl groups excluding tert-OH is 3. The molecule has 4 N–H and O–H groups in total. The monoisotopic (exact) mass is 568 g/mol. The number of hydrogen-bond acceptors (Lipinski definition) is 4. The van der Waals surface area contributed by atoms with Crippen LogP contribution in [-0.2, 0) is 4.79 Å². The van der Waals surface area contributed by atoms with Crippen molar-refractivity contribution in [3.63, 3.8) is 0 Å². The van der Waals surface area contributed by atoms with E-state index in [4.69, 9.17) is 0 Å². The molecular formula is C35H69NO4. The maximum atomic E-state index is 12.3. The Bertz CT molecular complexity index is 568. The zero-order valence-corrected chi connectivity index (χ0v) is 26.9. The molecule has 1 unspecified atom stereocenters. The van der Waals surface area contributed by atoms with Gasteiger partial charge in [0, 0.05) is 0 Å². The molecule has 4 atom stereocenters. The summed E-state index contributed by atoms with van der Waals surface area (Å²) < 4.78 is 0. The van der Waals surface area contributed by atoms with Crippen LogP contribution in [0.25, 0.3) is 0 Å². The third kappa shape index (κ3) is 24.9. The summed E-state index contributed by atoms with van der Waals surface area (Å²) >= 11 is 0. The fraction of sp³-hybridized carbons (Fsp3) is 0.914. The molecule has 0 aromatic heterocycles. The molecule has 40 heavy (non-hydrogen) atoms. The molecule has 0 saturated carbocycles. The Hall–Kier alpha value is -0.910. The second-order valence-corrected chi connectivity index (χ2v) is 12.3. The average Bonchev–Trinajstić information content (AvgIpc) is 2.96. The summed E-state index contributed by atoms with van der Waals surface area (Å²) in [4.78, 5) is 12.3. The standard InChI is InChI=1S/C35H69NO4/c1-4-6-7-8-9-10-11-12-17-20-23-26-29-34(39)35(40)36-32(30-37)33(38)28-25-22-19-16-14-13-15-18-21-24-27-31(3)5-2/h25,28,31-34,37-39H,4-24,26-27,29-30H2,1-3H3,(H,36,40)/b28-25+/t31?,32-,33+,34+/m0/s1. The van der Waals surface area contributed by atoms with Crippen LogP contribution in [-0.4, -0.2) is 46.1 Å². The van der Waals surface area contributed by atoms with Crippen molar-refractivity contribution in [2.75, 3.05) is 6.61 Å². The van der Waals surface area contributed by atoms with E-state index >= 15 is 0 Å². The molecule has 0 radical (unpaired) electrons. The number of allylic oxidation sites excluding steroid dienone is 1. The topological polar surface area (TPSA) is 89.8 Å². The van der Waals surface area contributed by atoms with Gasteiger partial charge in [0.05, 0.1) is 18.8 Å². The minimum atomic E-state index is -1.09. The highest BCUT2D eigenvalue weighted by atomic mass is 16.3. The van der Waals surface area contributed by atoms with E-state index in [0.717, 1.165) is 38.0 Å². The normalized spacial score (nSPS) is 14.8. The highest BCUT2D eigenvalue weighted by Gasteiger charge is 2.22. The van der Waals surface area contributed by atoms with Crippen LogP contribution in [0.1, 0.15) is 175 Å². The molecule has 0 aliphatic rings. The van der Waals surface area contributed by atoms with Gasteiger partial charge in [0.1, 0.15) is 6.10 Å². The number of nitrogens with one attached hydrogen (secondary N) is 1. The molecule has 0 aromatic rings. The van der Waals surface area contributed by atoms with E-state index in [1.165, 1.54) is 116 Å². The van der Waals surface area contributed by atoms with Crippen molar-refractivity contribution in [1.29, 1.82) is 0 Å². The molecule has 0 spiro atoms. The molecule has 0 aliphatic carbocycles. The summed E-state index contributed by atoms with van der Waals surface area (Å²) in [7, 11) is 0. The van der Waals surface area contributed by atoms with Crippen molar-refractivity contribution in [2.24, 2.45) is 5.92 Å². The van der Waals surface area contributed by atoms with Gasteiger partial charge in [-0.05, 0) is 25.2 Å². The van der Waals surface area contributed by atoms with Crippen molar-refractivity contribution in [3.05, 3.63) is 12.2 Å². The molecule has 5 heteroatoms. The summed E-state index contributed by atoms with van der Waals surface area (Å²) in [5, 5.41) is 32.9. The van der Waals surface area contributed by atoms with E-state index in [9.17, 15) is 20.1 Å². The third-order valence-electron chi connectivity index (χ3n) is 8.42. The minimum absolute atomic E-state index is 0.361. The molecule has 0 aromatic carbocycles. The molecule has 0 heterocycles. The molecule has 0 fully saturated rings. The Labute approximate surface area is 249 Å². The number of aliphatic hydroxyl groups is 3. The summed E-state index contributed by atoms with van der Waals surface area (Å²) in [6.07, 6.45) is 30.7. The maximum Gasteiger partial charge on any atom is 0.249 e. The highest BCUT2D eigenvalue weighted by Crippen LogP contribution is 2.16. The predicted octanol–water partition coefficient (Wildman–Crippen LogP) is 8.78. The summed E-state index contributed by atoms with van der Waals surface area (Å²) in [6, 6.07) is -0.791. The summed E-state index contributed by atoms with van der Waals surface area (Å²) in [5.41, 5.74) is 0. The molecular weight excluding hydrogens is 498 g/mol. The molecule has 0 aliphatic heterocycles. The van der Waals surface area contributed by atoms with Crippen molar-refractivity contribution < 1.29 is 20.1 Å². The Morgan fingerprint density at radius 2 is 1.12 bits per heavy atom. The number of amides is 1. The van der Waals surface area contributed by atoms with Gasteiger partial charge in [-0.25, -0.2) is 0 Å². The van der Waals surface area contributed by atoms with E-state index in [0.29, 0.717) is 6.42 Å². The van der Waals surface area contributed by atoms with Crippen molar-refractivity contribution in [2.45, 2.75) is 193 Å². The quantitative estimate of drug-likeness (QED) is 0.0516. The lowest BCUT2D eigenvalue weighted by molar-refractivity contribution is -0.131.